The largest absolute Gasteiger partial charge is 0.229 e. The lowest BCUT2D eigenvalue weighted by Gasteiger charge is -2.07. The molecular formula is C9H19NO4S2. The van der Waals surface area contributed by atoms with Crippen LogP contribution in [0.5, 0.6) is 0 Å². The van der Waals surface area contributed by atoms with Crippen molar-refractivity contribution < 1.29 is 16.8 Å². The van der Waals surface area contributed by atoms with Gasteiger partial charge in [-0.05, 0) is 32.1 Å². The number of hydrogen-bond acceptors (Lipinski definition) is 4. The molecular weight excluding hydrogens is 250 g/mol. The molecule has 96 valence electrons. The van der Waals surface area contributed by atoms with Crippen LogP contribution in [0.4, 0.5) is 0 Å². The van der Waals surface area contributed by atoms with Crippen molar-refractivity contribution >= 4 is 19.9 Å². The predicted octanol–water partition coefficient (Wildman–Crippen LogP) is 0.141. The topological polar surface area (TPSA) is 80.3 Å². The summed E-state index contributed by atoms with van der Waals surface area (Å²) in [6.07, 6.45) is 2.22. The van der Waals surface area contributed by atoms with Gasteiger partial charge in [0.05, 0.1) is 17.3 Å². The monoisotopic (exact) mass is 269 g/mol. The van der Waals surface area contributed by atoms with Crippen LogP contribution in [-0.4, -0.2) is 40.6 Å². The molecule has 1 fully saturated rings. The molecule has 0 aliphatic carbocycles. The van der Waals surface area contributed by atoms with Gasteiger partial charge in [0, 0.05) is 6.54 Å². The molecule has 0 amide bonds. The Hall–Kier alpha value is -0.140. The average Bonchev–Trinajstić information content (AvgIpc) is 2.53. The van der Waals surface area contributed by atoms with Crippen LogP contribution in [-0.2, 0) is 19.9 Å². The maximum absolute atomic E-state index is 11.2. The first kappa shape index (κ1) is 13.9. The summed E-state index contributed by atoms with van der Waals surface area (Å²) in [5, 5.41) is 0. The summed E-state index contributed by atoms with van der Waals surface area (Å²) in [5.74, 6) is 0.868. The molecule has 0 aromatic carbocycles. The minimum absolute atomic E-state index is 0.0881. The highest BCUT2D eigenvalue weighted by molar-refractivity contribution is 7.91. The number of rotatable bonds is 6. The van der Waals surface area contributed by atoms with Crippen LogP contribution in [0, 0.1) is 5.92 Å². The Morgan fingerprint density at radius 1 is 1.38 bits per heavy atom. The maximum atomic E-state index is 11.2. The predicted molar refractivity (Wildman–Crippen MR) is 63.5 cm³/mol. The van der Waals surface area contributed by atoms with Gasteiger partial charge in [-0.3, -0.25) is 0 Å². The first-order valence-corrected chi connectivity index (χ1v) is 9.00. The van der Waals surface area contributed by atoms with Crippen LogP contribution < -0.4 is 4.72 Å². The number of nitrogens with one attached hydrogen (secondary N) is 1. The Morgan fingerprint density at radius 2 is 2.06 bits per heavy atom. The third kappa shape index (κ3) is 4.80. The van der Waals surface area contributed by atoms with Gasteiger partial charge in [0.25, 0.3) is 0 Å². The number of sulfonamides is 1. The summed E-state index contributed by atoms with van der Waals surface area (Å²) in [5.41, 5.74) is 0. The van der Waals surface area contributed by atoms with Gasteiger partial charge in [0.2, 0.25) is 10.0 Å². The fraction of sp³-hybridized carbons (Fsp3) is 1.00. The highest BCUT2D eigenvalue weighted by Crippen LogP contribution is 2.22. The van der Waals surface area contributed by atoms with Crippen molar-refractivity contribution in [1.29, 1.82) is 0 Å². The molecule has 1 heterocycles. The minimum atomic E-state index is -3.11. The van der Waals surface area contributed by atoms with E-state index in [0.29, 0.717) is 18.7 Å². The van der Waals surface area contributed by atoms with Crippen molar-refractivity contribution in [2.45, 2.75) is 26.2 Å². The van der Waals surface area contributed by atoms with Gasteiger partial charge >= 0.3 is 0 Å². The molecule has 16 heavy (non-hydrogen) atoms. The van der Waals surface area contributed by atoms with Gasteiger partial charge in [-0.15, -0.1) is 0 Å². The summed E-state index contributed by atoms with van der Waals surface area (Å²) in [4.78, 5) is 0. The Labute approximate surface area is 97.6 Å². The Morgan fingerprint density at radius 3 is 2.56 bits per heavy atom. The summed E-state index contributed by atoms with van der Waals surface area (Å²) in [6, 6.07) is 0. The molecule has 0 spiro atoms. The maximum Gasteiger partial charge on any atom is 0.211 e. The van der Waals surface area contributed by atoms with Gasteiger partial charge < -0.3 is 0 Å². The first-order valence-electron chi connectivity index (χ1n) is 5.52. The Kier molecular flexibility index (Phi) is 4.75. The van der Waals surface area contributed by atoms with E-state index in [2.05, 4.69) is 4.72 Å². The van der Waals surface area contributed by atoms with Crippen LogP contribution in [0.1, 0.15) is 26.2 Å². The standard InChI is InChI=1S/C9H19NO4S2/c1-2-16(13,14)10-6-3-4-9-5-7-15(11,12)8-9/h9-10H,2-8H2,1H3. The average molecular weight is 269 g/mol. The molecule has 1 rings (SSSR count). The van der Waals surface area contributed by atoms with Crippen molar-refractivity contribution in [2.75, 3.05) is 23.8 Å². The van der Waals surface area contributed by atoms with Crippen LogP contribution in [0.25, 0.3) is 0 Å². The van der Waals surface area contributed by atoms with E-state index in [1.165, 1.54) is 0 Å². The lowest BCUT2D eigenvalue weighted by atomic mass is 10.0. The summed E-state index contributed by atoms with van der Waals surface area (Å²) in [7, 11) is -5.91. The molecule has 1 unspecified atom stereocenters. The van der Waals surface area contributed by atoms with Crippen molar-refractivity contribution in [3.05, 3.63) is 0 Å². The molecule has 0 radical (unpaired) electrons. The fourth-order valence-electron chi connectivity index (χ4n) is 1.82. The normalized spacial score (nSPS) is 24.7. The zero-order valence-electron chi connectivity index (χ0n) is 9.48. The smallest absolute Gasteiger partial charge is 0.211 e. The van der Waals surface area contributed by atoms with Gasteiger partial charge in [-0.1, -0.05) is 0 Å². The fourth-order valence-corrected chi connectivity index (χ4v) is 4.39. The van der Waals surface area contributed by atoms with E-state index < -0.39 is 19.9 Å². The van der Waals surface area contributed by atoms with Crippen LogP contribution in [0.3, 0.4) is 0 Å². The summed E-state index contributed by atoms with van der Waals surface area (Å²) in [6.45, 7) is 2.00. The van der Waals surface area contributed by atoms with E-state index in [-0.39, 0.29) is 17.4 Å². The molecule has 7 heteroatoms. The Balaban J connectivity index is 2.18. The number of hydrogen-bond donors (Lipinski definition) is 1. The van der Waals surface area contributed by atoms with E-state index in [0.717, 1.165) is 12.8 Å². The minimum Gasteiger partial charge on any atom is -0.229 e. The van der Waals surface area contributed by atoms with Gasteiger partial charge in [-0.2, -0.15) is 0 Å². The van der Waals surface area contributed by atoms with Crippen molar-refractivity contribution in [3.8, 4) is 0 Å². The molecule has 0 aromatic rings. The molecule has 1 saturated heterocycles. The van der Waals surface area contributed by atoms with Crippen molar-refractivity contribution in [3.63, 3.8) is 0 Å². The molecule has 1 aliphatic heterocycles. The zero-order valence-corrected chi connectivity index (χ0v) is 11.1. The van der Waals surface area contributed by atoms with E-state index in [4.69, 9.17) is 0 Å². The summed E-state index contributed by atoms with van der Waals surface area (Å²) < 4.78 is 47.0. The molecule has 1 N–H and O–H groups in total. The zero-order chi connectivity index (χ0) is 12.2. The third-order valence-corrected chi connectivity index (χ3v) is 6.06. The highest BCUT2D eigenvalue weighted by Gasteiger charge is 2.27. The van der Waals surface area contributed by atoms with Crippen molar-refractivity contribution in [1.82, 2.24) is 4.72 Å². The lowest BCUT2D eigenvalue weighted by molar-refractivity contribution is 0.512. The second-order valence-corrected chi connectivity index (χ2v) is 8.53. The SMILES string of the molecule is CCS(=O)(=O)NCCCC1CCS(=O)(=O)C1. The van der Waals surface area contributed by atoms with E-state index in [1.807, 2.05) is 0 Å². The van der Waals surface area contributed by atoms with E-state index in [1.54, 1.807) is 6.92 Å². The number of sulfone groups is 1. The first-order chi connectivity index (χ1) is 7.35. The van der Waals surface area contributed by atoms with Gasteiger partial charge in [0.15, 0.2) is 9.84 Å². The third-order valence-electron chi connectivity index (χ3n) is 2.82. The van der Waals surface area contributed by atoms with E-state index >= 15 is 0 Å². The highest BCUT2D eigenvalue weighted by atomic mass is 32.2. The lowest BCUT2D eigenvalue weighted by Crippen LogP contribution is -2.26. The van der Waals surface area contributed by atoms with Crippen LogP contribution in [0.2, 0.25) is 0 Å². The van der Waals surface area contributed by atoms with Crippen molar-refractivity contribution in [2.24, 2.45) is 5.92 Å². The van der Waals surface area contributed by atoms with E-state index in [9.17, 15) is 16.8 Å². The molecule has 0 saturated carbocycles. The van der Waals surface area contributed by atoms with Gasteiger partial charge in [-0.25, -0.2) is 21.6 Å². The molecule has 1 aliphatic rings. The quantitative estimate of drug-likeness (QED) is 0.696. The van der Waals surface area contributed by atoms with Crippen LogP contribution in [0.15, 0.2) is 0 Å². The molecule has 5 nitrogen and oxygen atoms in total. The summed E-state index contributed by atoms with van der Waals surface area (Å²) >= 11 is 0. The second kappa shape index (κ2) is 5.46. The Bertz CT molecular complexity index is 413. The van der Waals surface area contributed by atoms with Gasteiger partial charge in [0.1, 0.15) is 0 Å². The molecule has 0 bridgehead atoms. The van der Waals surface area contributed by atoms with Crippen LogP contribution >= 0.6 is 0 Å². The molecule has 1 atom stereocenters. The second-order valence-electron chi connectivity index (χ2n) is 4.21. The molecule has 0 aromatic heterocycles.